The molecule has 1 aliphatic heterocycles. The number of rotatable bonds is 8. The van der Waals surface area contributed by atoms with Crippen molar-refractivity contribution in [1.29, 1.82) is 0 Å². The zero-order valence-corrected chi connectivity index (χ0v) is 16.9. The summed E-state index contributed by atoms with van der Waals surface area (Å²) in [6.45, 7) is 7.26. The smallest absolute Gasteiger partial charge is 0.163 e. The maximum atomic E-state index is 6.02. The zero-order valence-electron chi connectivity index (χ0n) is 16.9. The number of aromatic amines is 1. The lowest BCUT2D eigenvalue weighted by molar-refractivity contribution is 0.0357. The molecule has 1 aromatic carbocycles. The highest BCUT2D eigenvalue weighted by Crippen LogP contribution is 2.34. The van der Waals surface area contributed by atoms with E-state index in [-0.39, 0.29) is 0 Å². The lowest BCUT2D eigenvalue weighted by atomic mass is 10.2. The van der Waals surface area contributed by atoms with Crippen molar-refractivity contribution in [3.05, 3.63) is 36.4 Å². The molecular weight excluding hydrogens is 370 g/mol. The average molecular weight is 397 g/mol. The topological polar surface area (TPSA) is 84.5 Å². The standard InChI is InChI=1S/C21H27N5O3/c1-15-10-16(13-22-15)25-21-17-11-19(27-2)20(12-18(17)23-14-24-21)29-7-3-4-26-5-8-28-9-6-26/h10-14,22H,3-9H2,1-2H3,(H,23,24,25). The molecular formula is C21H27N5O3. The molecule has 8 heteroatoms. The van der Waals surface area contributed by atoms with Gasteiger partial charge in [-0.25, -0.2) is 9.97 Å². The van der Waals surface area contributed by atoms with Crippen LogP contribution in [0.15, 0.2) is 30.7 Å². The van der Waals surface area contributed by atoms with E-state index in [0.29, 0.717) is 18.1 Å². The summed E-state index contributed by atoms with van der Waals surface area (Å²) in [5, 5.41) is 4.21. The SMILES string of the molecule is COc1cc2c(Nc3c[nH]c(C)c3)ncnc2cc1OCCCN1CCOCC1. The number of morpholine rings is 1. The molecule has 8 nitrogen and oxygen atoms in total. The number of H-pyrrole nitrogens is 1. The minimum Gasteiger partial charge on any atom is -0.493 e. The summed E-state index contributed by atoms with van der Waals surface area (Å²) in [5.74, 6) is 2.10. The van der Waals surface area contributed by atoms with Crippen molar-refractivity contribution in [2.45, 2.75) is 13.3 Å². The molecule has 0 radical (unpaired) electrons. The number of ether oxygens (including phenoxy) is 3. The van der Waals surface area contributed by atoms with Gasteiger partial charge in [0, 0.05) is 43.0 Å². The Morgan fingerprint density at radius 1 is 1.17 bits per heavy atom. The highest BCUT2D eigenvalue weighted by Gasteiger charge is 2.13. The number of aromatic nitrogens is 3. The third-order valence-corrected chi connectivity index (χ3v) is 4.99. The first-order valence-corrected chi connectivity index (χ1v) is 9.90. The quantitative estimate of drug-likeness (QED) is 0.565. The summed E-state index contributed by atoms with van der Waals surface area (Å²) in [5.41, 5.74) is 2.83. The van der Waals surface area contributed by atoms with Gasteiger partial charge in [0.25, 0.3) is 0 Å². The van der Waals surface area contributed by atoms with E-state index in [1.165, 1.54) is 0 Å². The molecule has 4 rings (SSSR count). The number of methoxy groups -OCH3 is 1. The van der Waals surface area contributed by atoms with Gasteiger partial charge in [-0.2, -0.15) is 0 Å². The molecule has 0 spiro atoms. The highest BCUT2D eigenvalue weighted by molar-refractivity contribution is 5.93. The molecule has 0 saturated carbocycles. The Hall–Kier alpha value is -2.84. The fourth-order valence-electron chi connectivity index (χ4n) is 3.45. The molecule has 3 aromatic rings. The van der Waals surface area contributed by atoms with E-state index in [0.717, 1.165) is 67.4 Å². The van der Waals surface area contributed by atoms with Crippen molar-refractivity contribution in [2.24, 2.45) is 0 Å². The molecule has 0 atom stereocenters. The first-order valence-electron chi connectivity index (χ1n) is 9.90. The first kappa shape index (κ1) is 19.5. The average Bonchev–Trinajstić information content (AvgIpc) is 3.16. The van der Waals surface area contributed by atoms with Gasteiger partial charge in [0.15, 0.2) is 11.5 Å². The van der Waals surface area contributed by atoms with E-state index in [1.807, 2.05) is 31.3 Å². The summed E-state index contributed by atoms with van der Waals surface area (Å²) in [6, 6.07) is 5.86. The molecule has 2 N–H and O–H groups in total. The Labute approximate surface area is 170 Å². The summed E-state index contributed by atoms with van der Waals surface area (Å²) in [4.78, 5) is 14.4. The molecule has 1 fully saturated rings. The van der Waals surface area contributed by atoms with Gasteiger partial charge in [-0.3, -0.25) is 4.90 Å². The maximum absolute atomic E-state index is 6.02. The molecule has 0 unspecified atom stereocenters. The Morgan fingerprint density at radius 2 is 2.03 bits per heavy atom. The minimum absolute atomic E-state index is 0.623. The van der Waals surface area contributed by atoms with Crippen LogP contribution in [0.25, 0.3) is 10.9 Å². The van der Waals surface area contributed by atoms with Gasteiger partial charge in [0.05, 0.1) is 38.1 Å². The van der Waals surface area contributed by atoms with Crippen molar-refractivity contribution < 1.29 is 14.2 Å². The normalized spacial score (nSPS) is 14.8. The molecule has 2 aromatic heterocycles. The van der Waals surface area contributed by atoms with E-state index in [1.54, 1.807) is 13.4 Å². The number of fused-ring (bicyclic) bond motifs is 1. The number of hydrogen-bond donors (Lipinski definition) is 2. The van der Waals surface area contributed by atoms with Crippen molar-refractivity contribution >= 4 is 22.4 Å². The van der Waals surface area contributed by atoms with E-state index in [2.05, 4.69) is 25.2 Å². The summed E-state index contributed by atoms with van der Waals surface area (Å²) < 4.78 is 17.0. The summed E-state index contributed by atoms with van der Waals surface area (Å²) in [7, 11) is 1.65. The van der Waals surface area contributed by atoms with Crippen LogP contribution in [0.4, 0.5) is 11.5 Å². The molecule has 154 valence electrons. The Bertz CT molecular complexity index is 953. The van der Waals surface area contributed by atoms with E-state index in [4.69, 9.17) is 14.2 Å². The molecule has 0 aliphatic carbocycles. The van der Waals surface area contributed by atoms with Gasteiger partial charge in [0.2, 0.25) is 0 Å². The predicted molar refractivity (Wildman–Crippen MR) is 112 cm³/mol. The van der Waals surface area contributed by atoms with E-state index >= 15 is 0 Å². The number of nitrogens with one attached hydrogen (secondary N) is 2. The monoisotopic (exact) mass is 397 g/mol. The second-order valence-corrected chi connectivity index (χ2v) is 7.09. The minimum atomic E-state index is 0.623. The third kappa shape index (κ3) is 4.78. The Kier molecular flexibility index (Phi) is 6.12. The van der Waals surface area contributed by atoms with Crippen LogP contribution >= 0.6 is 0 Å². The molecule has 29 heavy (non-hydrogen) atoms. The van der Waals surface area contributed by atoms with Gasteiger partial charge in [-0.1, -0.05) is 0 Å². The van der Waals surface area contributed by atoms with Gasteiger partial charge in [-0.05, 0) is 25.5 Å². The van der Waals surface area contributed by atoms with Gasteiger partial charge >= 0.3 is 0 Å². The van der Waals surface area contributed by atoms with Crippen LogP contribution in [-0.4, -0.2) is 66.4 Å². The second-order valence-electron chi connectivity index (χ2n) is 7.09. The van der Waals surface area contributed by atoms with Crippen LogP contribution in [-0.2, 0) is 4.74 Å². The predicted octanol–water partition coefficient (Wildman–Crippen LogP) is 3.12. The van der Waals surface area contributed by atoms with Crippen LogP contribution in [0, 0.1) is 6.92 Å². The van der Waals surface area contributed by atoms with Crippen molar-refractivity contribution in [1.82, 2.24) is 19.9 Å². The van der Waals surface area contributed by atoms with Gasteiger partial charge in [-0.15, -0.1) is 0 Å². The lowest BCUT2D eigenvalue weighted by Gasteiger charge is -2.26. The zero-order chi connectivity index (χ0) is 20.1. The molecule has 0 amide bonds. The number of nitrogens with zero attached hydrogens (tertiary/aromatic N) is 3. The van der Waals surface area contributed by atoms with E-state index in [9.17, 15) is 0 Å². The van der Waals surface area contributed by atoms with E-state index < -0.39 is 0 Å². The number of hydrogen-bond acceptors (Lipinski definition) is 7. The Morgan fingerprint density at radius 3 is 2.79 bits per heavy atom. The molecule has 1 aliphatic rings. The van der Waals surface area contributed by atoms with Crippen molar-refractivity contribution in [3.63, 3.8) is 0 Å². The van der Waals surface area contributed by atoms with Crippen LogP contribution in [0.5, 0.6) is 11.5 Å². The number of benzene rings is 1. The van der Waals surface area contributed by atoms with Crippen LogP contribution in [0.3, 0.4) is 0 Å². The van der Waals surface area contributed by atoms with Crippen LogP contribution in [0.2, 0.25) is 0 Å². The maximum Gasteiger partial charge on any atom is 0.163 e. The third-order valence-electron chi connectivity index (χ3n) is 4.99. The molecule has 1 saturated heterocycles. The molecule has 0 bridgehead atoms. The largest absolute Gasteiger partial charge is 0.493 e. The number of aryl methyl sites for hydroxylation is 1. The Balaban J connectivity index is 1.46. The van der Waals surface area contributed by atoms with Crippen molar-refractivity contribution in [3.8, 4) is 11.5 Å². The second kappa shape index (κ2) is 9.11. The fraction of sp³-hybridized carbons (Fsp3) is 0.429. The lowest BCUT2D eigenvalue weighted by Crippen LogP contribution is -2.37. The van der Waals surface area contributed by atoms with Crippen LogP contribution < -0.4 is 14.8 Å². The van der Waals surface area contributed by atoms with Gasteiger partial charge in [0.1, 0.15) is 12.1 Å². The molecule has 3 heterocycles. The van der Waals surface area contributed by atoms with Gasteiger partial charge < -0.3 is 24.5 Å². The highest BCUT2D eigenvalue weighted by atomic mass is 16.5. The van der Waals surface area contributed by atoms with Crippen LogP contribution in [0.1, 0.15) is 12.1 Å². The van der Waals surface area contributed by atoms with Crippen molar-refractivity contribution in [2.75, 3.05) is 51.9 Å². The summed E-state index contributed by atoms with van der Waals surface area (Å²) in [6.07, 6.45) is 4.41. The number of anilines is 2. The summed E-state index contributed by atoms with van der Waals surface area (Å²) >= 11 is 0. The fourth-order valence-corrected chi connectivity index (χ4v) is 3.45. The first-order chi connectivity index (χ1) is 14.2.